The highest BCUT2D eigenvalue weighted by molar-refractivity contribution is 6.30. The molecular weight excluding hydrogens is 486 g/mol. The van der Waals surface area contributed by atoms with Crippen LogP contribution in [-0.4, -0.2) is 56.9 Å². The van der Waals surface area contributed by atoms with Gasteiger partial charge in [-0.15, -0.1) is 0 Å². The van der Waals surface area contributed by atoms with Gasteiger partial charge in [-0.1, -0.05) is 11.6 Å². The summed E-state index contributed by atoms with van der Waals surface area (Å²) in [4.78, 5) is 48.8. The van der Waals surface area contributed by atoms with Crippen LogP contribution in [0, 0.1) is 5.92 Å². The molecular formula is C25H26ClN5O5. The summed E-state index contributed by atoms with van der Waals surface area (Å²) in [5.74, 6) is -2.50. The average molecular weight is 512 g/mol. The second-order valence-electron chi connectivity index (χ2n) is 9.20. The lowest BCUT2D eigenvalue weighted by Crippen LogP contribution is -2.38. The Balaban J connectivity index is 1.41. The van der Waals surface area contributed by atoms with Crippen molar-refractivity contribution in [1.29, 1.82) is 0 Å². The molecule has 3 aromatic heterocycles. The van der Waals surface area contributed by atoms with Gasteiger partial charge >= 0.3 is 5.97 Å². The molecule has 0 bridgehead atoms. The van der Waals surface area contributed by atoms with Crippen LogP contribution in [0.15, 0.2) is 35.0 Å². The zero-order chi connectivity index (χ0) is 25.2. The zero-order valence-corrected chi connectivity index (χ0v) is 20.3. The van der Waals surface area contributed by atoms with Crippen LogP contribution in [0.5, 0.6) is 0 Å². The quantitative estimate of drug-likeness (QED) is 0.442. The number of amides is 2. The number of pyridine rings is 2. The Kier molecular flexibility index (Phi) is 6.88. The number of carbonyl (C=O) groups is 3. The van der Waals surface area contributed by atoms with E-state index in [2.05, 4.69) is 25.5 Å². The highest BCUT2D eigenvalue weighted by Crippen LogP contribution is 2.36. The van der Waals surface area contributed by atoms with Crippen molar-refractivity contribution in [3.8, 4) is 0 Å². The Morgan fingerprint density at radius 3 is 2.44 bits per heavy atom. The lowest BCUT2D eigenvalue weighted by molar-refractivity contribution is -0.121. The molecule has 2 aliphatic rings. The minimum atomic E-state index is -1.30. The van der Waals surface area contributed by atoms with Gasteiger partial charge in [-0.05, 0) is 69.8 Å². The summed E-state index contributed by atoms with van der Waals surface area (Å²) in [6, 6.07) is 5.04. The fraction of sp³-hybridized carbons (Fsp3) is 0.400. The topological polar surface area (TPSA) is 138 Å². The predicted octanol–water partition coefficient (Wildman–Crippen LogP) is 4.42. The van der Waals surface area contributed by atoms with Crippen molar-refractivity contribution < 1.29 is 23.9 Å². The van der Waals surface area contributed by atoms with Gasteiger partial charge in [0.05, 0.1) is 10.4 Å². The number of likely N-dealkylation sites (tertiary alicyclic amines) is 1. The number of fused-ring (bicyclic) bond motifs is 1. The van der Waals surface area contributed by atoms with Gasteiger partial charge in [0.2, 0.25) is 11.7 Å². The first kappa shape index (κ1) is 24.2. The molecule has 10 nitrogen and oxygen atoms in total. The van der Waals surface area contributed by atoms with Crippen LogP contribution in [0.1, 0.15) is 59.6 Å². The summed E-state index contributed by atoms with van der Waals surface area (Å²) in [6.07, 6.45) is 8.43. The first-order valence-corrected chi connectivity index (χ1v) is 12.4. The van der Waals surface area contributed by atoms with E-state index in [9.17, 15) is 19.5 Å². The van der Waals surface area contributed by atoms with Gasteiger partial charge in [0, 0.05) is 24.4 Å². The molecule has 11 heteroatoms. The summed E-state index contributed by atoms with van der Waals surface area (Å²) in [5, 5.41) is 15.6. The predicted molar refractivity (Wildman–Crippen MR) is 133 cm³/mol. The number of hydrogen-bond donors (Lipinski definition) is 3. The van der Waals surface area contributed by atoms with Crippen molar-refractivity contribution in [1.82, 2.24) is 14.9 Å². The van der Waals surface area contributed by atoms with Crippen molar-refractivity contribution in [2.24, 2.45) is 5.92 Å². The van der Waals surface area contributed by atoms with Crippen LogP contribution in [0.3, 0.4) is 0 Å². The fourth-order valence-electron chi connectivity index (χ4n) is 5.14. The number of carboxylic acids is 1. The molecule has 36 heavy (non-hydrogen) atoms. The number of hydrogen-bond acceptors (Lipinski definition) is 7. The van der Waals surface area contributed by atoms with E-state index in [1.807, 2.05) is 0 Å². The molecule has 2 amide bonds. The number of nitrogens with zero attached hydrogens (tertiary/aromatic N) is 3. The van der Waals surface area contributed by atoms with Crippen molar-refractivity contribution >= 4 is 51.9 Å². The minimum absolute atomic E-state index is 0.00590. The van der Waals surface area contributed by atoms with E-state index in [4.69, 9.17) is 16.0 Å². The van der Waals surface area contributed by atoms with Gasteiger partial charge in [0.15, 0.2) is 5.69 Å². The maximum Gasteiger partial charge on any atom is 0.355 e. The van der Waals surface area contributed by atoms with E-state index in [1.165, 1.54) is 37.4 Å². The molecule has 0 radical (unpaired) electrons. The van der Waals surface area contributed by atoms with E-state index in [0.717, 1.165) is 38.8 Å². The smallest absolute Gasteiger partial charge is 0.355 e. The van der Waals surface area contributed by atoms with Crippen LogP contribution >= 0.6 is 11.6 Å². The van der Waals surface area contributed by atoms with Crippen molar-refractivity contribution in [2.75, 3.05) is 23.7 Å². The second kappa shape index (κ2) is 10.2. The van der Waals surface area contributed by atoms with E-state index in [1.54, 1.807) is 6.07 Å². The summed E-state index contributed by atoms with van der Waals surface area (Å²) in [7, 11) is 0. The van der Waals surface area contributed by atoms with Gasteiger partial charge in [-0.3, -0.25) is 9.59 Å². The summed E-state index contributed by atoms with van der Waals surface area (Å²) < 4.78 is 5.73. The summed E-state index contributed by atoms with van der Waals surface area (Å²) in [5.41, 5.74) is -0.189. The third-order valence-electron chi connectivity index (χ3n) is 6.95. The first-order chi connectivity index (χ1) is 17.4. The van der Waals surface area contributed by atoms with Crippen LogP contribution in [0.25, 0.3) is 11.0 Å². The Labute approximate surface area is 212 Å². The zero-order valence-electron chi connectivity index (χ0n) is 19.5. The van der Waals surface area contributed by atoms with E-state index < -0.39 is 11.9 Å². The lowest BCUT2D eigenvalue weighted by Gasteiger charge is -2.33. The molecule has 5 rings (SSSR count). The number of aromatic nitrogens is 2. The molecule has 1 aliphatic carbocycles. The number of carboxylic acid groups (broad SMARTS) is 1. The van der Waals surface area contributed by atoms with Crippen LogP contribution < -0.4 is 10.6 Å². The molecule has 3 N–H and O–H groups in total. The molecule has 4 heterocycles. The maximum absolute atomic E-state index is 13.3. The van der Waals surface area contributed by atoms with Gasteiger partial charge in [-0.25, -0.2) is 14.8 Å². The van der Waals surface area contributed by atoms with E-state index in [-0.39, 0.29) is 45.8 Å². The Bertz CT molecular complexity index is 1290. The van der Waals surface area contributed by atoms with Crippen LogP contribution in [-0.2, 0) is 4.79 Å². The molecule has 0 spiro atoms. The van der Waals surface area contributed by atoms with Crippen molar-refractivity contribution in [2.45, 2.75) is 44.6 Å². The van der Waals surface area contributed by atoms with Crippen molar-refractivity contribution in [3.05, 3.63) is 47.1 Å². The second-order valence-corrected chi connectivity index (χ2v) is 9.63. The third-order valence-corrected chi connectivity index (χ3v) is 7.18. The largest absolute Gasteiger partial charge is 0.476 e. The Hall–Kier alpha value is -3.50. The lowest BCUT2D eigenvalue weighted by atomic mass is 9.84. The van der Waals surface area contributed by atoms with Crippen molar-refractivity contribution in [3.63, 3.8) is 0 Å². The van der Waals surface area contributed by atoms with Gasteiger partial charge in [-0.2, -0.15) is 0 Å². The van der Waals surface area contributed by atoms with Gasteiger partial charge < -0.3 is 25.1 Å². The van der Waals surface area contributed by atoms with E-state index >= 15 is 0 Å². The molecule has 2 fully saturated rings. The highest BCUT2D eigenvalue weighted by atomic mass is 35.5. The summed E-state index contributed by atoms with van der Waals surface area (Å²) in [6.45, 7) is 2.24. The van der Waals surface area contributed by atoms with Crippen LogP contribution in [0.2, 0.25) is 5.02 Å². The number of carbonyl (C=O) groups excluding carboxylic acids is 2. The number of rotatable bonds is 6. The van der Waals surface area contributed by atoms with E-state index in [0.29, 0.717) is 11.1 Å². The first-order valence-electron chi connectivity index (χ1n) is 12.0. The average Bonchev–Trinajstić information content (AvgIpc) is 3.54. The monoisotopic (exact) mass is 511 g/mol. The molecule has 1 saturated carbocycles. The summed E-state index contributed by atoms with van der Waals surface area (Å²) >= 11 is 5.86. The molecule has 1 aliphatic heterocycles. The number of anilines is 2. The fourth-order valence-corrected chi connectivity index (χ4v) is 5.26. The number of aromatic carboxylic acids is 1. The van der Waals surface area contributed by atoms with Gasteiger partial charge in [0.25, 0.3) is 5.91 Å². The molecule has 0 aromatic carbocycles. The highest BCUT2D eigenvalue weighted by Gasteiger charge is 2.33. The number of halogens is 1. The third kappa shape index (κ3) is 4.91. The number of furan rings is 1. The normalized spacial score (nSPS) is 20.4. The Morgan fingerprint density at radius 1 is 1.03 bits per heavy atom. The molecule has 3 aromatic rings. The Morgan fingerprint density at radius 2 is 1.78 bits per heavy atom. The van der Waals surface area contributed by atoms with Gasteiger partial charge in [0.1, 0.15) is 17.1 Å². The maximum atomic E-state index is 13.3. The molecule has 188 valence electrons. The number of nitrogens with one attached hydrogen (secondary N) is 2. The standard InChI is InChI=1S/C25H26ClN5O5/c26-15-5-8-18(28-13-15)29-24(33)22-20(19-17(36-22)9-10-27-21(19)25(34)35)30-23(32)14-3-6-16(7-4-14)31-11-1-2-12-31/h5,8-10,13-14,16H,1-4,6-7,11-12H2,(H,30,32)(H,34,35)(H,28,29,33)/t14-,16-. The SMILES string of the molecule is O=C(Nc1ccc(Cl)cn1)c1oc2ccnc(C(=O)O)c2c1NC(=O)[C@H]1CC[C@H](N2CCCC2)CC1. The van der Waals surface area contributed by atoms with Crippen LogP contribution in [0.4, 0.5) is 11.5 Å². The minimum Gasteiger partial charge on any atom is -0.476 e. The molecule has 1 saturated heterocycles. The molecule has 0 unspecified atom stereocenters. The molecule has 0 atom stereocenters.